The van der Waals surface area contributed by atoms with Crippen LogP contribution >= 0.6 is 11.6 Å². The summed E-state index contributed by atoms with van der Waals surface area (Å²) in [5, 5.41) is -0.0998. The first kappa shape index (κ1) is 15.3. The van der Waals surface area contributed by atoms with Crippen molar-refractivity contribution in [1.82, 2.24) is 14.5 Å². The van der Waals surface area contributed by atoms with Crippen LogP contribution in [0.2, 0.25) is 0 Å². The lowest BCUT2D eigenvalue weighted by Crippen LogP contribution is -2.10. The molecule has 0 aromatic carbocycles. The van der Waals surface area contributed by atoms with Gasteiger partial charge < -0.3 is 4.57 Å². The van der Waals surface area contributed by atoms with Crippen LogP contribution in [0.4, 0.5) is 0 Å². The highest BCUT2D eigenvalue weighted by atomic mass is 35.5. The van der Waals surface area contributed by atoms with E-state index in [-0.39, 0.29) is 5.38 Å². The number of nitrogens with zero attached hydrogens (tertiary/aromatic N) is 3. The van der Waals surface area contributed by atoms with Crippen LogP contribution in [0.1, 0.15) is 69.3 Å². The van der Waals surface area contributed by atoms with Crippen molar-refractivity contribution >= 4 is 22.8 Å². The summed E-state index contributed by atoms with van der Waals surface area (Å²) >= 11 is 6.33. The fraction of sp³-hybridized carbons (Fsp3) is 0.625. The summed E-state index contributed by atoms with van der Waals surface area (Å²) in [6.45, 7) is 8.52. The van der Waals surface area contributed by atoms with E-state index in [4.69, 9.17) is 16.6 Å². The summed E-state index contributed by atoms with van der Waals surface area (Å²) in [6, 6.07) is 2.39. The quantitative estimate of drug-likeness (QED) is 0.542. The molecule has 2 atom stereocenters. The first-order valence-electron chi connectivity index (χ1n) is 7.53. The Labute approximate surface area is 126 Å². The lowest BCUT2D eigenvalue weighted by molar-refractivity contribution is 0.470. The van der Waals surface area contributed by atoms with Crippen molar-refractivity contribution in [2.24, 2.45) is 0 Å². The van der Waals surface area contributed by atoms with Gasteiger partial charge in [0.1, 0.15) is 11.3 Å². The molecule has 4 heteroatoms. The normalized spacial score (nSPS) is 14.7. The van der Waals surface area contributed by atoms with Gasteiger partial charge in [0.2, 0.25) is 0 Å². The molecule has 0 bridgehead atoms. The summed E-state index contributed by atoms with van der Waals surface area (Å²) in [6.07, 6.45) is 6.75. The summed E-state index contributed by atoms with van der Waals surface area (Å²) in [5.74, 6) is 0.937. The van der Waals surface area contributed by atoms with Gasteiger partial charge in [-0.15, -0.1) is 11.6 Å². The second-order valence-electron chi connectivity index (χ2n) is 5.60. The number of hydrogen-bond donors (Lipinski definition) is 0. The van der Waals surface area contributed by atoms with Crippen LogP contribution in [-0.2, 0) is 0 Å². The third kappa shape index (κ3) is 2.98. The molecule has 2 heterocycles. The molecule has 3 nitrogen and oxygen atoms in total. The molecular formula is C16H24ClN3. The molecule has 0 saturated heterocycles. The predicted octanol–water partition coefficient (Wildman–Crippen LogP) is 5.18. The molecular weight excluding hydrogens is 270 g/mol. The fourth-order valence-corrected chi connectivity index (χ4v) is 2.82. The number of halogens is 1. The summed E-state index contributed by atoms with van der Waals surface area (Å²) in [4.78, 5) is 9.27. The number of aryl methyl sites for hydroxylation is 1. The summed E-state index contributed by atoms with van der Waals surface area (Å²) in [5.41, 5.74) is 3.11. The molecule has 0 fully saturated rings. The van der Waals surface area contributed by atoms with Crippen molar-refractivity contribution in [1.29, 1.82) is 0 Å². The Morgan fingerprint density at radius 1 is 1.30 bits per heavy atom. The first-order chi connectivity index (χ1) is 9.56. The van der Waals surface area contributed by atoms with Gasteiger partial charge >= 0.3 is 0 Å². The summed E-state index contributed by atoms with van der Waals surface area (Å²) < 4.78 is 2.23. The molecule has 0 aliphatic rings. The van der Waals surface area contributed by atoms with Crippen LogP contribution < -0.4 is 0 Å². The van der Waals surface area contributed by atoms with E-state index >= 15 is 0 Å². The minimum Gasteiger partial charge on any atom is -0.309 e. The van der Waals surface area contributed by atoms with Gasteiger partial charge in [-0.2, -0.15) is 0 Å². The van der Waals surface area contributed by atoms with Crippen molar-refractivity contribution in [2.45, 2.75) is 64.8 Å². The molecule has 0 amide bonds. The van der Waals surface area contributed by atoms with E-state index in [2.05, 4.69) is 30.3 Å². The Bertz CT molecular complexity index is 574. The molecule has 0 N–H and O–H groups in total. The zero-order chi connectivity index (χ0) is 14.7. The van der Waals surface area contributed by atoms with Crippen molar-refractivity contribution in [3.63, 3.8) is 0 Å². The van der Waals surface area contributed by atoms with E-state index in [0.717, 1.165) is 29.0 Å². The average Bonchev–Trinajstić information content (AvgIpc) is 2.80. The number of alkyl halides is 1. The van der Waals surface area contributed by atoms with Gasteiger partial charge in [-0.05, 0) is 38.8 Å². The van der Waals surface area contributed by atoms with Crippen molar-refractivity contribution in [3.8, 4) is 0 Å². The molecule has 110 valence electrons. The summed E-state index contributed by atoms with van der Waals surface area (Å²) in [7, 11) is 0. The van der Waals surface area contributed by atoms with Gasteiger partial charge in [0, 0.05) is 12.2 Å². The smallest absolute Gasteiger partial charge is 0.160 e. The Kier molecular flexibility index (Phi) is 5.03. The minimum absolute atomic E-state index is 0.0998. The van der Waals surface area contributed by atoms with Crippen LogP contribution in [0.5, 0.6) is 0 Å². The lowest BCUT2D eigenvalue weighted by Gasteiger charge is -2.18. The van der Waals surface area contributed by atoms with Gasteiger partial charge in [-0.3, -0.25) is 0 Å². The predicted molar refractivity (Wildman–Crippen MR) is 85.4 cm³/mol. The van der Waals surface area contributed by atoms with E-state index in [1.54, 1.807) is 0 Å². The highest BCUT2D eigenvalue weighted by molar-refractivity contribution is 6.20. The van der Waals surface area contributed by atoms with E-state index in [9.17, 15) is 0 Å². The number of hydrogen-bond acceptors (Lipinski definition) is 2. The van der Waals surface area contributed by atoms with E-state index in [0.29, 0.717) is 6.04 Å². The number of unbranched alkanes of at least 4 members (excludes halogenated alkanes) is 2. The van der Waals surface area contributed by atoms with Crippen LogP contribution in [0.25, 0.3) is 11.2 Å². The number of rotatable bonds is 6. The molecule has 2 aromatic heterocycles. The zero-order valence-corrected chi connectivity index (χ0v) is 13.6. The third-order valence-electron chi connectivity index (χ3n) is 3.83. The number of pyridine rings is 1. The zero-order valence-electron chi connectivity index (χ0n) is 12.9. The van der Waals surface area contributed by atoms with E-state index in [1.807, 2.05) is 19.2 Å². The second kappa shape index (κ2) is 6.57. The monoisotopic (exact) mass is 293 g/mol. The van der Waals surface area contributed by atoms with Gasteiger partial charge in [0.15, 0.2) is 5.65 Å². The van der Waals surface area contributed by atoms with Crippen LogP contribution in [0, 0.1) is 6.92 Å². The number of imidazole rings is 1. The van der Waals surface area contributed by atoms with Crippen molar-refractivity contribution < 1.29 is 0 Å². The lowest BCUT2D eigenvalue weighted by atomic mass is 10.1. The van der Waals surface area contributed by atoms with Gasteiger partial charge in [0.05, 0.1) is 5.38 Å². The molecule has 0 spiro atoms. The highest BCUT2D eigenvalue weighted by Gasteiger charge is 2.20. The molecule has 2 aromatic rings. The van der Waals surface area contributed by atoms with Crippen molar-refractivity contribution in [3.05, 3.63) is 23.7 Å². The first-order valence-corrected chi connectivity index (χ1v) is 7.97. The maximum Gasteiger partial charge on any atom is 0.160 e. The molecule has 0 aliphatic carbocycles. The van der Waals surface area contributed by atoms with Crippen LogP contribution in [-0.4, -0.2) is 14.5 Å². The van der Waals surface area contributed by atoms with E-state index < -0.39 is 0 Å². The Morgan fingerprint density at radius 3 is 2.70 bits per heavy atom. The fourth-order valence-electron chi connectivity index (χ4n) is 2.66. The van der Waals surface area contributed by atoms with Crippen molar-refractivity contribution in [2.75, 3.05) is 0 Å². The number of fused-ring (bicyclic) bond motifs is 1. The second-order valence-corrected chi connectivity index (χ2v) is 6.26. The van der Waals surface area contributed by atoms with Crippen LogP contribution in [0.15, 0.2) is 12.3 Å². The largest absolute Gasteiger partial charge is 0.309 e. The van der Waals surface area contributed by atoms with Crippen LogP contribution in [0.3, 0.4) is 0 Å². The molecule has 20 heavy (non-hydrogen) atoms. The average molecular weight is 294 g/mol. The Hall–Kier alpha value is -1.09. The maximum atomic E-state index is 6.33. The molecule has 0 radical (unpaired) electrons. The Balaban J connectivity index is 2.43. The SMILES string of the molecule is CCCCCC(C)n1c(C(C)Cl)nc2c(C)ccnc21. The maximum absolute atomic E-state index is 6.33. The highest BCUT2D eigenvalue weighted by Crippen LogP contribution is 2.30. The van der Waals surface area contributed by atoms with Gasteiger partial charge in [-0.25, -0.2) is 9.97 Å². The Morgan fingerprint density at radius 2 is 2.05 bits per heavy atom. The van der Waals surface area contributed by atoms with Gasteiger partial charge in [0.25, 0.3) is 0 Å². The molecule has 2 rings (SSSR count). The molecule has 0 aliphatic heterocycles. The standard InChI is InChI=1S/C16H24ClN3/c1-5-6-7-8-12(3)20-15(13(4)17)19-14-11(2)9-10-18-16(14)20/h9-10,12-13H,5-8H2,1-4H3. The third-order valence-corrected chi connectivity index (χ3v) is 4.03. The minimum atomic E-state index is -0.0998. The molecule has 0 saturated carbocycles. The topological polar surface area (TPSA) is 30.7 Å². The molecule has 2 unspecified atom stereocenters. The van der Waals surface area contributed by atoms with E-state index in [1.165, 1.54) is 19.3 Å². The number of aromatic nitrogens is 3. The van der Waals surface area contributed by atoms with Gasteiger partial charge in [-0.1, -0.05) is 26.2 Å².